The van der Waals surface area contributed by atoms with Crippen molar-refractivity contribution in [3.8, 4) is 0 Å². The number of hydrogen-bond acceptors (Lipinski definition) is 1. The molecule has 3 atom stereocenters. The lowest BCUT2D eigenvalue weighted by Crippen LogP contribution is -2.42. The Labute approximate surface area is 82.9 Å². The molecule has 0 N–H and O–H groups in total. The van der Waals surface area contributed by atoms with E-state index in [1.165, 1.54) is 12.8 Å². The molecule has 0 aromatic heterocycles. The Bertz CT molecular complexity index is 165. The number of ether oxygens (including phenoxy) is 1. The van der Waals surface area contributed by atoms with Crippen LogP contribution < -0.4 is 0 Å². The van der Waals surface area contributed by atoms with Crippen LogP contribution in [-0.4, -0.2) is 11.7 Å². The van der Waals surface area contributed by atoms with Gasteiger partial charge >= 0.3 is 0 Å². The van der Waals surface area contributed by atoms with Crippen LogP contribution in [0.3, 0.4) is 0 Å². The Kier molecular flexibility index (Phi) is 3.39. The van der Waals surface area contributed by atoms with Crippen molar-refractivity contribution in [1.82, 2.24) is 0 Å². The van der Waals surface area contributed by atoms with Crippen LogP contribution in [-0.2, 0) is 4.74 Å². The molecule has 1 aliphatic rings. The van der Waals surface area contributed by atoms with Gasteiger partial charge in [-0.15, -0.1) is 0 Å². The molecular weight excluding hydrogens is 160 g/mol. The molecule has 1 heterocycles. The Hall–Kier alpha value is -0.0400. The van der Waals surface area contributed by atoms with Crippen LogP contribution in [0.1, 0.15) is 53.9 Å². The third-order valence-corrected chi connectivity index (χ3v) is 3.68. The summed E-state index contributed by atoms with van der Waals surface area (Å²) in [5.41, 5.74) is 0.158. The van der Waals surface area contributed by atoms with Gasteiger partial charge in [-0.25, -0.2) is 0 Å². The third-order valence-electron chi connectivity index (χ3n) is 3.68. The quantitative estimate of drug-likeness (QED) is 0.637. The highest BCUT2D eigenvalue weighted by Gasteiger charge is 2.36. The monoisotopic (exact) mass is 184 g/mol. The van der Waals surface area contributed by atoms with Crippen molar-refractivity contribution < 1.29 is 4.74 Å². The van der Waals surface area contributed by atoms with Gasteiger partial charge < -0.3 is 4.74 Å². The summed E-state index contributed by atoms with van der Waals surface area (Å²) >= 11 is 0. The fourth-order valence-electron chi connectivity index (χ4n) is 2.44. The maximum absolute atomic E-state index is 6.10. The maximum Gasteiger partial charge on any atom is 0.0655 e. The summed E-state index contributed by atoms with van der Waals surface area (Å²) in [6.07, 6.45) is 4.15. The zero-order chi connectivity index (χ0) is 10.1. The summed E-state index contributed by atoms with van der Waals surface area (Å²) in [7, 11) is 0. The van der Waals surface area contributed by atoms with E-state index in [1.54, 1.807) is 0 Å². The molecule has 0 aromatic carbocycles. The van der Waals surface area contributed by atoms with Crippen molar-refractivity contribution in [3.05, 3.63) is 0 Å². The van der Waals surface area contributed by atoms with Gasteiger partial charge in [0.1, 0.15) is 0 Å². The number of rotatable bonds is 2. The first kappa shape index (κ1) is 11.0. The van der Waals surface area contributed by atoms with E-state index in [9.17, 15) is 0 Å². The highest BCUT2D eigenvalue weighted by atomic mass is 16.5. The molecule has 1 heteroatoms. The van der Waals surface area contributed by atoms with Crippen LogP contribution in [0.5, 0.6) is 0 Å². The lowest BCUT2D eigenvalue weighted by molar-refractivity contribution is -0.145. The summed E-state index contributed by atoms with van der Waals surface area (Å²) in [5.74, 6) is 1.52. The molecule has 0 aliphatic carbocycles. The van der Waals surface area contributed by atoms with Gasteiger partial charge in [-0.3, -0.25) is 0 Å². The van der Waals surface area contributed by atoms with Gasteiger partial charge in [0.05, 0.1) is 11.7 Å². The van der Waals surface area contributed by atoms with Gasteiger partial charge in [0, 0.05) is 0 Å². The first-order chi connectivity index (χ1) is 5.98. The van der Waals surface area contributed by atoms with Gasteiger partial charge in [-0.2, -0.15) is 0 Å². The minimum atomic E-state index is 0.158. The summed E-state index contributed by atoms with van der Waals surface area (Å²) < 4.78 is 6.10. The Morgan fingerprint density at radius 3 is 2.46 bits per heavy atom. The topological polar surface area (TPSA) is 9.23 Å². The van der Waals surface area contributed by atoms with Crippen molar-refractivity contribution in [2.75, 3.05) is 0 Å². The van der Waals surface area contributed by atoms with Crippen LogP contribution in [0.2, 0.25) is 0 Å². The van der Waals surface area contributed by atoms with Crippen LogP contribution in [0.4, 0.5) is 0 Å². The SMILES string of the molecule is CCC1(C)CCC(C(C)C)C(C)O1. The fraction of sp³-hybridized carbons (Fsp3) is 1.00. The van der Waals surface area contributed by atoms with E-state index in [0.717, 1.165) is 18.3 Å². The van der Waals surface area contributed by atoms with Crippen molar-refractivity contribution in [2.45, 2.75) is 65.6 Å². The maximum atomic E-state index is 6.10. The normalized spacial score (nSPS) is 41.1. The lowest BCUT2D eigenvalue weighted by atomic mass is 9.79. The molecule has 0 saturated carbocycles. The molecule has 3 unspecified atom stereocenters. The van der Waals surface area contributed by atoms with Gasteiger partial charge in [-0.05, 0) is 44.9 Å². The molecule has 0 aromatic rings. The second-order valence-electron chi connectivity index (χ2n) is 5.07. The average molecular weight is 184 g/mol. The smallest absolute Gasteiger partial charge is 0.0655 e. The van der Waals surface area contributed by atoms with Crippen molar-refractivity contribution in [2.24, 2.45) is 11.8 Å². The molecule has 1 saturated heterocycles. The fourth-order valence-corrected chi connectivity index (χ4v) is 2.44. The van der Waals surface area contributed by atoms with Crippen molar-refractivity contribution in [1.29, 1.82) is 0 Å². The lowest BCUT2D eigenvalue weighted by Gasteiger charge is -2.43. The first-order valence-corrected chi connectivity index (χ1v) is 5.66. The summed E-state index contributed by atoms with van der Waals surface area (Å²) in [6.45, 7) is 11.3. The minimum absolute atomic E-state index is 0.158. The Morgan fingerprint density at radius 2 is 2.08 bits per heavy atom. The van der Waals surface area contributed by atoms with E-state index < -0.39 is 0 Å². The van der Waals surface area contributed by atoms with Crippen molar-refractivity contribution in [3.63, 3.8) is 0 Å². The highest BCUT2D eigenvalue weighted by Crippen LogP contribution is 2.37. The van der Waals surface area contributed by atoms with Crippen LogP contribution in [0.25, 0.3) is 0 Å². The molecule has 1 nitrogen and oxygen atoms in total. The summed E-state index contributed by atoms with van der Waals surface area (Å²) in [6, 6.07) is 0. The van der Waals surface area contributed by atoms with Gasteiger partial charge in [0.25, 0.3) is 0 Å². The Balaban J connectivity index is 2.56. The second-order valence-corrected chi connectivity index (χ2v) is 5.07. The molecule has 13 heavy (non-hydrogen) atoms. The van der Waals surface area contributed by atoms with Crippen LogP contribution >= 0.6 is 0 Å². The molecule has 1 fully saturated rings. The molecule has 1 rings (SSSR count). The predicted octanol–water partition coefficient (Wildman–Crippen LogP) is 3.63. The second kappa shape index (κ2) is 4.00. The van der Waals surface area contributed by atoms with E-state index in [0.29, 0.717) is 6.10 Å². The highest BCUT2D eigenvalue weighted by molar-refractivity contribution is 4.85. The van der Waals surface area contributed by atoms with Crippen molar-refractivity contribution >= 4 is 0 Å². The third kappa shape index (κ3) is 2.46. The molecular formula is C12H24O. The van der Waals surface area contributed by atoms with Gasteiger partial charge in [0.15, 0.2) is 0 Å². The molecule has 0 amide bonds. The van der Waals surface area contributed by atoms with Gasteiger partial charge in [-0.1, -0.05) is 20.8 Å². The van der Waals surface area contributed by atoms with Crippen LogP contribution in [0.15, 0.2) is 0 Å². The first-order valence-electron chi connectivity index (χ1n) is 5.66. The zero-order valence-electron chi connectivity index (χ0n) is 9.76. The largest absolute Gasteiger partial charge is 0.372 e. The number of hydrogen-bond donors (Lipinski definition) is 0. The molecule has 1 aliphatic heterocycles. The summed E-state index contributed by atoms with van der Waals surface area (Å²) in [4.78, 5) is 0. The van der Waals surface area contributed by atoms with E-state index >= 15 is 0 Å². The Morgan fingerprint density at radius 1 is 1.46 bits per heavy atom. The minimum Gasteiger partial charge on any atom is -0.372 e. The molecule has 0 radical (unpaired) electrons. The van der Waals surface area contributed by atoms with E-state index in [2.05, 4.69) is 34.6 Å². The molecule has 0 bridgehead atoms. The van der Waals surface area contributed by atoms with E-state index in [-0.39, 0.29) is 5.60 Å². The van der Waals surface area contributed by atoms with Crippen LogP contribution in [0, 0.1) is 11.8 Å². The zero-order valence-corrected chi connectivity index (χ0v) is 9.76. The van der Waals surface area contributed by atoms with E-state index in [4.69, 9.17) is 4.74 Å². The predicted molar refractivity (Wildman–Crippen MR) is 56.8 cm³/mol. The van der Waals surface area contributed by atoms with Gasteiger partial charge in [0.2, 0.25) is 0 Å². The average Bonchev–Trinajstić information content (AvgIpc) is 2.03. The molecule has 0 spiro atoms. The summed E-state index contributed by atoms with van der Waals surface area (Å²) in [5, 5.41) is 0. The standard InChI is InChI=1S/C12H24O/c1-6-12(5)8-7-11(9(2)3)10(4)13-12/h9-11H,6-8H2,1-5H3. The molecule has 78 valence electrons. The van der Waals surface area contributed by atoms with E-state index in [1.807, 2.05) is 0 Å².